The molecule has 1 aromatic heterocycles. The molecule has 3 rings (SSSR count). The zero-order valence-corrected chi connectivity index (χ0v) is 15.4. The smallest absolute Gasteiger partial charge is 0.282 e. The third-order valence-corrected chi connectivity index (χ3v) is 5.45. The monoisotopic (exact) mass is 366 g/mol. The number of aromatic nitrogens is 1. The summed E-state index contributed by atoms with van der Waals surface area (Å²) >= 11 is 12.1. The van der Waals surface area contributed by atoms with Gasteiger partial charge in [0.15, 0.2) is 6.04 Å². The van der Waals surface area contributed by atoms with Gasteiger partial charge < -0.3 is 14.8 Å². The van der Waals surface area contributed by atoms with Crippen LogP contribution in [0.25, 0.3) is 0 Å². The van der Waals surface area contributed by atoms with Crippen molar-refractivity contribution in [1.82, 2.24) is 4.57 Å². The molecule has 1 unspecified atom stereocenters. The fourth-order valence-electron chi connectivity index (χ4n) is 3.57. The molecule has 0 spiro atoms. The molecule has 2 N–H and O–H groups in total. The van der Waals surface area contributed by atoms with Crippen molar-refractivity contribution in [2.24, 2.45) is 7.05 Å². The minimum atomic E-state index is -0.164. The van der Waals surface area contributed by atoms with Crippen molar-refractivity contribution >= 4 is 34.8 Å². The molecule has 1 aliphatic rings. The van der Waals surface area contributed by atoms with Crippen LogP contribution in [-0.2, 0) is 11.8 Å². The summed E-state index contributed by atoms with van der Waals surface area (Å²) in [6, 6.07) is 9.47. The van der Waals surface area contributed by atoms with Crippen LogP contribution < -0.4 is 10.2 Å². The molecule has 0 radical (unpaired) electrons. The van der Waals surface area contributed by atoms with E-state index in [-0.39, 0.29) is 11.9 Å². The lowest BCUT2D eigenvalue weighted by Crippen LogP contribution is -3.15. The summed E-state index contributed by atoms with van der Waals surface area (Å²) < 4.78 is 2.15. The predicted molar refractivity (Wildman–Crippen MR) is 97.8 cm³/mol. The molecule has 0 aliphatic carbocycles. The minimum Gasteiger partial charge on any atom is -0.350 e. The van der Waals surface area contributed by atoms with Crippen molar-refractivity contribution in [3.8, 4) is 0 Å². The standard InChI is InChI=1S/C18H21Cl2N3O/c1-12(18(24)21-15-11-13(19)7-8-14(15)20)23-10-4-6-17(23)16-5-3-9-22(16)2/h3,5,7-9,11-12,17H,4,6,10H2,1-2H3,(H,21,24)/p+1/t12-,17-/m1/s1. The molecule has 2 heterocycles. The summed E-state index contributed by atoms with van der Waals surface area (Å²) in [5.74, 6) is -0.0322. The van der Waals surface area contributed by atoms with E-state index in [1.165, 1.54) is 10.6 Å². The third-order valence-electron chi connectivity index (χ3n) is 4.88. The van der Waals surface area contributed by atoms with Crippen molar-refractivity contribution in [2.75, 3.05) is 11.9 Å². The lowest BCUT2D eigenvalue weighted by Gasteiger charge is -2.27. The lowest BCUT2D eigenvalue weighted by atomic mass is 10.1. The number of carbonyl (C=O) groups is 1. The number of nitrogens with one attached hydrogen (secondary N) is 2. The number of anilines is 1. The maximum Gasteiger partial charge on any atom is 0.282 e. The molecule has 1 aromatic carbocycles. The third kappa shape index (κ3) is 3.46. The van der Waals surface area contributed by atoms with Gasteiger partial charge in [0.1, 0.15) is 6.04 Å². The number of carbonyl (C=O) groups excluding carboxylic acids is 1. The van der Waals surface area contributed by atoms with Crippen LogP contribution in [0.3, 0.4) is 0 Å². The Kier molecular flexibility index (Phi) is 5.18. The second-order valence-corrected chi connectivity index (χ2v) is 7.24. The summed E-state index contributed by atoms with van der Waals surface area (Å²) in [6.07, 6.45) is 4.28. The number of halogens is 2. The zero-order valence-electron chi connectivity index (χ0n) is 13.9. The normalized spacial score (nSPS) is 21.7. The number of likely N-dealkylation sites (tertiary alicyclic amines) is 1. The van der Waals surface area contributed by atoms with Gasteiger partial charge >= 0.3 is 0 Å². The van der Waals surface area contributed by atoms with E-state index < -0.39 is 0 Å². The molecule has 1 fully saturated rings. The maximum absolute atomic E-state index is 12.7. The molecule has 2 aromatic rings. The molecular weight excluding hydrogens is 345 g/mol. The van der Waals surface area contributed by atoms with Gasteiger partial charge in [-0.1, -0.05) is 23.2 Å². The fourth-order valence-corrected chi connectivity index (χ4v) is 3.90. The lowest BCUT2D eigenvalue weighted by molar-refractivity contribution is -0.932. The van der Waals surface area contributed by atoms with Crippen LogP contribution in [0.1, 0.15) is 31.5 Å². The van der Waals surface area contributed by atoms with Crippen LogP contribution in [0.2, 0.25) is 10.0 Å². The van der Waals surface area contributed by atoms with Gasteiger partial charge in [-0.05, 0) is 37.3 Å². The Bertz CT molecular complexity index is 744. The highest BCUT2D eigenvalue weighted by molar-refractivity contribution is 6.35. The van der Waals surface area contributed by atoms with E-state index in [1.807, 2.05) is 6.92 Å². The van der Waals surface area contributed by atoms with Crippen molar-refractivity contribution in [1.29, 1.82) is 0 Å². The minimum absolute atomic E-state index is 0.0322. The average molecular weight is 367 g/mol. The summed E-state index contributed by atoms with van der Waals surface area (Å²) in [6.45, 7) is 2.97. The second kappa shape index (κ2) is 7.18. The number of hydrogen-bond acceptors (Lipinski definition) is 1. The topological polar surface area (TPSA) is 38.5 Å². The Balaban J connectivity index is 1.75. The van der Waals surface area contributed by atoms with Gasteiger partial charge in [-0.25, -0.2) is 0 Å². The summed E-state index contributed by atoms with van der Waals surface area (Å²) in [5.41, 5.74) is 1.85. The summed E-state index contributed by atoms with van der Waals surface area (Å²) in [5, 5.41) is 3.97. The van der Waals surface area contributed by atoms with Gasteiger partial charge in [0.25, 0.3) is 5.91 Å². The molecule has 1 amide bonds. The number of benzene rings is 1. The molecule has 1 aliphatic heterocycles. The number of hydrogen-bond donors (Lipinski definition) is 2. The van der Waals surface area contributed by atoms with Crippen LogP contribution in [0.15, 0.2) is 36.5 Å². The Morgan fingerprint density at radius 2 is 2.17 bits per heavy atom. The van der Waals surface area contributed by atoms with Crippen LogP contribution in [-0.4, -0.2) is 23.1 Å². The van der Waals surface area contributed by atoms with E-state index in [9.17, 15) is 4.79 Å². The average Bonchev–Trinajstić information content (AvgIpc) is 3.18. The molecule has 6 heteroatoms. The first-order valence-electron chi connectivity index (χ1n) is 8.20. The molecular formula is C18H22Cl2N3O+. The quantitative estimate of drug-likeness (QED) is 0.857. The Morgan fingerprint density at radius 3 is 2.88 bits per heavy atom. The number of aryl methyl sites for hydroxylation is 1. The van der Waals surface area contributed by atoms with E-state index in [1.54, 1.807) is 18.2 Å². The highest BCUT2D eigenvalue weighted by Gasteiger charge is 2.38. The first kappa shape index (κ1) is 17.3. The summed E-state index contributed by atoms with van der Waals surface area (Å²) in [7, 11) is 2.06. The molecule has 3 atom stereocenters. The van der Waals surface area contributed by atoms with Crippen molar-refractivity contribution in [2.45, 2.75) is 31.8 Å². The fraction of sp³-hybridized carbons (Fsp3) is 0.389. The first-order valence-corrected chi connectivity index (χ1v) is 8.95. The second-order valence-electron chi connectivity index (χ2n) is 6.40. The van der Waals surface area contributed by atoms with Gasteiger partial charge in [0.2, 0.25) is 0 Å². The van der Waals surface area contributed by atoms with Crippen molar-refractivity contribution in [3.05, 3.63) is 52.3 Å². The Morgan fingerprint density at radius 1 is 1.38 bits per heavy atom. The number of quaternary nitrogens is 1. The first-order chi connectivity index (χ1) is 11.5. The number of amides is 1. The largest absolute Gasteiger partial charge is 0.350 e. The van der Waals surface area contributed by atoms with Gasteiger partial charge in [-0.2, -0.15) is 0 Å². The van der Waals surface area contributed by atoms with Crippen LogP contribution in [0.4, 0.5) is 5.69 Å². The molecule has 4 nitrogen and oxygen atoms in total. The van der Waals surface area contributed by atoms with Gasteiger partial charge in [-0.15, -0.1) is 0 Å². The highest BCUT2D eigenvalue weighted by atomic mass is 35.5. The molecule has 1 saturated heterocycles. The predicted octanol–water partition coefficient (Wildman–Crippen LogP) is 3.08. The van der Waals surface area contributed by atoms with Crippen LogP contribution in [0.5, 0.6) is 0 Å². The maximum atomic E-state index is 12.7. The van der Waals surface area contributed by atoms with Gasteiger partial charge in [0, 0.05) is 31.1 Å². The SMILES string of the molecule is C[C@H](C(=O)Nc1cc(Cl)ccc1Cl)[NH+]1CCC[C@@H]1c1cccn1C. The van der Waals surface area contributed by atoms with E-state index in [4.69, 9.17) is 23.2 Å². The summed E-state index contributed by atoms with van der Waals surface area (Å²) in [4.78, 5) is 14.0. The molecule has 128 valence electrons. The van der Waals surface area contributed by atoms with Gasteiger partial charge in [-0.3, -0.25) is 4.79 Å². The van der Waals surface area contributed by atoms with Crippen LogP contribution in [0, 0.1) is 0 Å². The van der Waals surface area contributed by atoms with E-state index in [0.29, 0.717) is 21.8 Å². The molecule has 0 bridgehead atoms. The van der Waals surface area contributed by atoms with Crippen LogP contribution >= 0.6 is 23.2 Å². The van der Waals surface area contributed by atoms with Gasteiger partial charge in [0.05, 0.1) is 22.9 Å². The van der Waals surface area contributed by atoms with E-state index in [2.05, 4.69) is 35.3 Å². The highest BCUT2D eigenvalue weighted by Crippen LogP contribution is 2.26. The Hall–Kier alpha value is -1.49. The van der Waals surface area contributed by atoms with Crippen molar-refractivity contribution in [3.63, 3.8) is 0 Å². The Labute approximate surface area is 152 Å². The number of rotatable bonds is 4. The van der Waals surface area contributed by atoms with Crippen molar-refractivity contribution < 1.29 is 9.69 Å². The zero-order chi connectivity index (χ0) is 17.3. The van der Waals surface area contributed by atoms with E-state index >= 15 is 0 Å². The molecule has 0 saturated carbocycles. The molecule has 24 heavy (non-hydrogen) atoms. The number of nitrogens with zero attached hydrogens (tertiary/aromatic N) is 1. The van der Waals surface area contributed by atoms with E-state index in [0.717, 1.165) is 19.4 Å².